The van der Waals surface area contributed by atoms with E-state index < -0.39 is 0 Å². The number of hydrogen-bond acceptors (Lipinski definition) is 4. The van der Waals surface area contributed by atoms with Crippen LogP contribution in [0.3, 0.4) is 0 Å². The van der Waals surface area contributed by atoms with Gasteiger partial charge < -0.3 is 11.1 Å². The minimum absolute atomic E-state index is 0.0555. The molecule has 0 saturated heterocycles. The molecule has 0 saturated carbocycles. The van der Waals surface area contributed by atoms with E-state index in [0.717, 1.165) is 22.0 Å². The Hall–Kier alpha value is -1.95. The lowest BCUT2D eigenvalue weighted by atomic mass is 10.3. The van der Waals surface area contributed by atoms with Crippen LogP contribution in [-0.4, -0.2) is 21.9 Å². The molecule has 100 valence electrons. The first-order valence-corrected chi connectivity index (χ1v) is 6.84. The fraction of sp³-hybridized carbons (Fsp3) is 0.231. The van der Waals surface area contributed by atoms with Gasteiger partial charge in [0.15, 0.2) is 0 Å². The van der Waals surface area contributed by atoms with E-state index in [4.69, 9.17) is 5.73 Å². The molecule has 2 rings (SSSR count). The van der Waals surface area contributed by atoms with Gasteiger partial charge in [-0.15, -0.1) is 11.8 Å². The van der Waals surface area contributed by atoms with Crippen LogP contribution in [-0.2, 0) is 4.79 Å². The summed E-state index contributed by atoms with van der Waals surface area (Å²) in [7, 11) is 0. The Labute approximate surface area is 116 Å². The molecule has 0 aliphatic rings. The first-order chi connectivity index (χ1) is 9.06. The summed E-state index contributed by atoms with van der Waals surface area (Å²) in [5.41, 5.74) is 8.80. The van der Waals surface area contributed by atoms with Crippen LogP contribution in [0.1, 0.15) is 11.4 Å². The summed E-state index contributed by atoms with van der Waals surface area (Å²) in [6.07, 6.45) is 0. The van der Waals surface area contributed by atoms with Crippen LogP contribution in [0.5, 0.6) is 0 Å². The van der Waals surface area contributed by atoms with Gasteiger partial charge >= 0.3 is 0 Å². The molecular formula is C13H16N4OS. The molecule has 1 heterocycles. The highest BCUT2D eigenvalue weighted by Crippen LogP contribution is 2.21. The number of carbonyl (C=O) groups is 1. The number of aromatic amines is 1. The van der Waals surface area contributed by atoms with Crippen molar-refractivity contribution in [1.82, 2.24) is 10.2 Å². The van der Waals surface area contributed by atoms with Crippen molar-refractivity contribution in [2.24, 2.45) is 0 Å². The Balaban J connectivity index is 1.92. The van der Waals surface area contributed by atoms with Crippen LogP contribution in [0.15, 0.2) is 29.2 Å². The predicted octanol–water partition coefficient (Wildman–Crippen LogP) is 2.34. The van der Waals surface area contributed by atoms with Crippen LogP contribution in [0.2, 0.25) is 0 Å². The normalized spacial score (nSPS) is 10.4. The lowest BCUT2D eigenvalue weighted by molar-refractivity contribution is -0.113. The van der Waals surface area contributed by atoms with E-state index >= 15 is 0 Å². The molecule has 0 spiro atoms. The van der Waals surface area contributed by atoms with Gasteiger partial charge in [-0.2, -0.15) is 5.10 Å². The molecule has 0 unspecified atom stereocenters. The second-order valence-electron chi connectivity index (χ2n) is 4.22. The van der Waals surface area contributed by atoms with Gasteiger partial charge in [0.1, 0.15) is 0 Å². The number of amides is 1. The van der Waals surface area contributed by atoms with Crippen molar-refractivity contribution in [2.75, 3.05) is 16.8 Å². The van der Waals surface area contributed by atoms with Gasteiger partial charge in [-0.3, -0.25) is 9.89 Å². The van der Waals surface area contributed by atoms with Crippen molar-refractivity contribution >= 4 is 29.0 Å². The van der Waals surface area contributed by atoms with Crippen molar-refractivity contribution in [3.8, 4) is 0 Å². The van der Waals surface area contributed by atoms with Crippen LogP contribution < -0.4 is 11.1 Å². The second-order valence-corrected chi connectivity index (χ2v) is 5.27. The largest absolute Gasteiger partial charge is 0.399 e. The lowest BCUT2D eigenvalue weighted by Crippen LogP contribution is -2.15. The maximum atomic E-state index is 11.9. The van der Waals surface area contributed by atoms with E-state index in [-0.39, 0.29) is 5.91 Å². The molecule has 6 heteroatoms. The zero-order valence-electron chi connectivity index (χ0n) is 10.9. The summed E-state index contributed by atoms with van der Waals surface area (Å²) in [5, 5.41) is 9.73. The number of nitrogens with two attached hydrogens (primary N) is 1. The Morgan fingerprint density at radius 3 is 2.89 bits per heavy atom. The molecule has 1 amide bonds. The van der Waals surface area contributed by atoms with Gasteiger partial charge in [0.2, 0.25) is 5.91 Å². The number of nitrogen functional groups attached to an aromatic ring is 1. The smallest absolute Gasteiger partial charge is 0.234 e. The summed E-state index contributed by atoms with van der Waals surface area (Å²) >= 11 is 1.45. The molecule has 0 atom stereocenters. The number of nitrogens with zero attached hydrogens (tertiary/aromatic N) is 1. The maximum Gasteiger partial charge on any atom is 0.234 e. The Morgan fingerprint density at radius 1 is 1.47 bits per heavy atom. The van der Waals surface area contributed by atoms with E-state index in [2.05, 4.69) is 15.5 Å². The highest BCUT2D eigenvalue weighted by molar-refractivity contribution is 8.00. The SMILES string of the molecule is Cc1n[nH]c(C)c1NC(=O)CSc1cccc(N)c1. The fourth-order valence-corrected chi connectivity index (χ4v) is 2.43. The molecule has 1 aromatic carbocycles. The number of hydrogen-bond donors (Lipinski definition) is 3. The number of carbonyl (C=O) groups excluding carboxylic acids is 1. The number of rotatable bonds is 4. The van der Waals surface area contributed by atoms with Crippen molar-refractivity contribution in [3.63, 3.8) is 0 Å². The molecule has 5 nitrogen and oxygen atoms in total. The first kappa shape index (κ1) is 13.5. The zero-order valence-corrected chi connectivity index (χ0v) is 11.7. The van der Waals surface area contributed by atoms with Gasteiger partial charge in [-0.25, -0.2) is 0 Å². The van der Waals surface area contributed by atoms with Gasteiger partial charge in [0, 0.05) is 10.6 Å². The number of aryl methyl sites for hydroxylation is 2. The molecule has 0 radical (unpaired) electrons. The van der Waals surface area contributed by atoms with Crippen molar-refractivity contribution in [2.45, 2.75) is 18.7 Å². The average Bonchev–Trinajstić information content (AvgIpc) is 2.68. The van der Waals surface area contributed by atoms with E-state index in [9.17, 15) is 4.79 Å². The van der Waals surface area contributed by atoms with E-state index in [1.807, 2.05) is 38.1 Å². The third-order valence-corrected chi connectivity index (χ3v) is 3.61. The summed E-state index contributed by atoms with van der Waals surface area (Å²) in [6, 6.07) is 7.48. The molecule has 0 aliphatic carbocycles. The monoisotopic (exact) mass is 276 g/mol. The lowest BCUT2D eigenvalue weighted by Gasteiger charge is -2.05. The van der Waals surface area contributed by atoms with Crippen LogP contribution >= 0.6 is 11.8 Å². The number of thioether (sulfide) groups is 1. The summed E-state index contributed by atoms with van der Waals surface area (Å²) < 4.78 is 0. The molecular weight excluding hydrogens is 260 g/mol. The van der Waals surface area contributed by atoms with Crippen LogP contribution in [0.25, 0.3) is 0 Å². The van der Waals surface area contributed by atoms with E-state index in [1.165, 1.54) is 11.8 Å². The predicted molar refractivity (Wildman–Crippen MR) is 78.3 cm³/mol. The van der Waals surface area contributed by atoms with E-state index in [0.29, 0.717) is 11.4 Å². The fourth-order valence-electron chi connectivity index (χ4n) is 1.66. The molecule has 4 N–H and O–H groups in total. The number of H-pyrrole nitrogens is 1. The zero-order chi connectivity index (χ0) is 13.8. The molecule has 1 aromatic heterocycles. The second kappa shape index (κ2) is 5.79. The quantitative estimate of drug-likeness (QED) is 0.591. The molecule has 0 bridgehead atoms. The van der Waals surface area contributed by atoms with Crippen LogP contribution in [0.4, 0.5) is 11.4 Å². The van der Waals surface area contributed by atoms with Crippen molar-refractivity contribution < 1.29 is 4.79 Å². The van der Waals surface area contributed by atoms with Crippen LogP contribution in [0, 0.1) is 13.8 Å². The minimum atomic E-state index is -0.0555. The minimum Gasteiger partial charge on any atom is -0.399 e. The molecule has 19 heavy (non-hydrogen) atoms. The average molecular weight is 276 g/mol. The summed E-state index contributed by atoms with van der Waals surface area (Å²) in [6.45, 7) is 3.73. The molecule has 0 aliphatic heterocycles. The van der Waals surface area contributed by atoms with Crippen molar-refractivity contribution in [1.29, 1.82) is 0 Å². The Kier molecular flexibility index (Phi) is 4.11. The number of nitrogens with one attached hydrogen (secondary N) is 2. The Bertz CT molecular complexity index is 575. The maximum absolute atomic E-state index is 11.9. The molecule has 0 fully saturated rings. The standard InChI is InChI=1S/C13H16N4OS/c1-8-13(9(2)17-16-8)15-12(18)7-19-11-5-3-4-10(14)6-11/h3-6H,7,14H2,1-2H3,(H,15,18)(H,16,17). The van der Waals surface area contributed by atoms with Gasteiger partial charge in [0.25, 0.3) is 0 Å². The number of aromatic nitrogens is 2. The molecule has 2 aromatic rings. The first-order valence-electron chi connectivity index (χ1n) is 5.86. The third-order valence-electron chi connectivity index (χ3n) is 2.62. The summed E-state index contributed by atoms with van der Waals surface area (Å²) in [5.74, 6) is 0.285. The number of anilines is 2. The topological polar surface area (TPSA) is 83.8 Å². The van der Waals surface area contributed by atoms with Gasteiger partial charge in [-0.05, 0) is 32.0 Å². The third kappa shape index (κ3) is 3.51. The Morgan fingerprint density at radius 2 is 2.26 bits per heavy atom. The number of benzene rings is 1. The van der Waals surface area contributed by atoms with Gasteiger partial charge in [-0.1, -0.05) is 6.07 Å². The summed E-state index contributed by atoms with van der Waals surface area (Å²) in [4.78, 5) is 12.9. The van der Waals surface area contributed by atoms with E-state index in [1.54, 1.807) is 0 Å². The highest BCUT2D eigenvalue weighted by Gasteiger charge is 2.10. The van der Waals surface area contributed by atoms with Crippen molar-refractivity contribution in [3.05, 3.63) is 35.7 Å². The highest BCUT2D eigenvalue weighted by atomic mass is 32.2. The van der Waals surface area contributed by atoms with Gasteiger partial charge in [0.05, 0.1) is 22.8 Å².